The molecule has 2 atom stereocenters. The minimum absolute atomic E-state index is 0.00461. The molecule has 3 aromatic rings. The summed E-state index contributed by atoms with van der Waals surface area (Å²) in [6.07, 6.45) is 1.13. The van der Waals surface area contributed by atoms with Gasteiger partial charge in [-0.1, -0.05) is 78.9 Å². The Kier molecular flexibility index (Phi) is 6.43. The van der Waals surface area contributed by atoms with Crippen LogP contribution < -0.4 is 5.32 Å². The van der Waals surface area contributed by atoms with Crippen LogP contribution in [0, 0.1) is 0 Å². The number of urea groups is 1. The first kappa shape index (κ1) is 23.6. The average Bonchev–Trinajstić information content (AvgIpc) is 3.23. The molecular formula is C28H29N5O3. The highest BCUT2D eigenvalue weighted by molar-refractivity contribution is 5.93. The van der Waals surface area contributed by atoms with Gasteiger partial charge in [-0.05, 0) is 21.9 Å². The Balaban J connectivity index is 1.56. The van der Waals surface area contributed by atoms with E-state index in [9.17, 15) is 14.4 Å². The van der Waals surface area contributed by atoms with Gasteiger partial charge in [-0.2, -0.15) is 5.01 Å². The van der Waals surface area contributed by atoms with Crippen molar-refractivity contribution >= 4 is 28.6 Å². The van der Waals surface area contributed by atoms with Gasteiger partial charge in [0.25, 0.3) is 5.91 Å². The Hall–Kier alpha value is -4.17. The second-order valence-electron chi connectivity index (χ2n) is 8.98. The van der Waals surface area contributed by atoms with E-state index in [0.717, 1.165) is 21.9 Å². The molecule has 2 fully saturated rings. The van der Waals surface area contributed by atoms with E-state index in [1.54, 1.807) is 23.0 Å². The van der Waals surface area contributed by atoms with Crippen LogP contribution in [0.5, 0.6) is 0 Å². The zero-order valence-electron chi connectivity index (χ0n) is 20.2. The summed E-state index contributed by atoms with van der Waals surface area (Å²) in [5, 5.41) is 8.08. The number of amides is 4. The quantitative estimate of drug-likeness (QED) is 0.547. The number of hydrogen-bond donors (Lipinski definition) is 1. The van der Waals surface area contributed by atoms with E-state index in [4.69, 9.17) is 0 Å². The van der Waals surface area contributed by atoms with E-state index < -0.39 is 12.2 Å². The Labute approximate surface area is 210 Å². The maximum atomic E-state index is 14.0. The summed E-state index contributed by atoms with van der Waals surface area (Å²) < 4.78 is 0. The molecule has 0 spiro atoms. The fourth-order valence-corrected chi connectivity index (χ4v) is 5.23. The number of nitrogens with zero attached hydrogens (tertiary/aromatic N) is 4. The molecule has 2 aliphatic heterocycles. The number of hydrogen-bond acceptors (Lipinski definition) is 4. The van der Waals surface area contributed by atoms with Crippen LogP contribution >= 0.6 is 0 Å². The fraction of sp³-hybridized carbons (Fsp3) is 0.250. The molecule has 5 rings (SSSR count). The summed E-state index contributed by atoms with van der Waals surface area (Å²) in [4.78, 5) is 43.5. The van der Waals surface area contributed by atoms with Crippen molar-refractivity contribution in [3.63, 3.8) is 0 Å². The summed E-state index contributed by atoms with van der Waals surface area (Å²) in [6.45, 7) is 4.70. The average molecular weight is 484 g/mol. The standard InChI is InChI=1S/C28H29N5O3/c1-3-16-31(28(36)29-2)32-19-25(34)33-24(32)18-30(27(35)26(33)21-11-5-4-6-12-21)17-22-14-9-13-20-10-7-8-15-23(20)22/h3-15,24,26H,1,16-19H2,2H3,(H,29,36)/t24-,26+/m1/s1. The smallest absolute Gasteiger partial charge is 0.332 e. The molecule has 8 nitrogen and oxygen atoms in total. The predicted octanol–water partition coefficient (Wildman–Crippen LogP) is 3.14. The maximum Gasteiger partial charge on any atom is 0.332 e. The van der Waals surface area contributed by atoms with Gasteiger partial charge in [-0.15, -0.1) is 6.58 Å². The fourth-order valence-electron chi connectivity index (χ4n) is 5.23. The molecule has 0 unspecified atom stereocenters. The highest BCUT2D eigenvalue weighted by atomic mass is 16.2. The van der Waals surface area contributed by atoms with Crippen LogP contribution in [0.3, 0.4) is 0 Å². The molecule has 8 heteroatoms. The molecular weight excluding hydrogens is 454 g/mol. The zero-order valence-corrected chi connectivity index (χ0v) is 20.2. The maximum absolute atomic E-state index is 14.0. The Morgan fingerprint density at radius 2 is 1.78 bits per heavy atom. The second-order valence-corrected chi connectivity index (χ2v) is 8.98. The van der Waals surface area contributed by atoms with Gasteiger partial charge in [0, 0.05) is 13.6 Å². The molecule has 2 saturated heterocycles. The lowest BCUT2D eigenvalue weighted by molar-refractivity contribution is -0.158. The summed E-state index contributed by atoms with van der Waals surface area (Å²) in [7, 11) is 1.55. The minimum atomic E-state index is -0.771. The summed E-state index contributed by atoms with van der Waals surface area (Å²) in [5.74, 6) is -0.319. The number of piperazine rings is 1. The van der Waals surface area contributed by atoms with Crippen LogP contribution in [0.1, 0.15) is 17.2 Å². The first-order chi connectivity index (χ1) is 17.5. The molecule has 0 radical (unpaired) electrons. The second kappa shape index (κ2) is 9.83. The van der Waals surface area contributed by atoms with Crippen molar-refractivity contribution < 1.29 is 14.4 Å². The lowest BCUT2D eigenvalue weighted by Crippen LogP contribution is -2.62. The van der Waals surface area contributed by atoms with Crippen LogP contribution in [0.2, 0.25) is 0 Å². The van der Waals surface area contributed by atoms with Gasteiger partial charge < -0.3 is 15.1 Å². The SMILES string of the molecule is C=CCN(C(=O)NC)N1CC(=O)N2[C@@H](c3ccccc3)C(=O)N(Cc3cccc4ccccc34)C[C@@H]21. The number of benzene rings is 3. The van der Waals surface area contributed by atoms with Crippen LogP contribution in [0.25, 0.3) is 10.8 Å². The lowest BCUT2D eigenvalue weighted by Gasteiger charge is -2.46. The normalized spacial score (nSPS) is 19.9. The Morgan fingerprint density at radius 3 is 2.53 bits per heavy atom. The van der Waals surface area contributed by atoms with Crippen molar-refractivity contribution in [2.24, 2.45) is 0 Å². The van der Waals surface area contributed by atoms with Crippen molar-refractivity contribution in [2.45, 2.75) is 18.8 Å². The minimum Gasteiger partial charge on any atom is -0.340 e. The third-order valence-corrected chi connectivity index (χ3v) is 6.87. The lowest BCUT2D eigenvalue weighted by atomic mass is 9.99. The van der Waals surface area contributed by atoms with E-state index in [0.29, 0.717) is 6.54 Å². The molecule has 36 heavy (non-hydrogen) atoms. The highest BCUT2D eigenvalue weighted by Crippen LogP contribution is 2.36. The summed E-state index contributed by atoms with van der Waals surface area (Å²) in [6, 6.07) is 22.5. The van der Waals surface area contributed by atoms with Gasteiger partial charge >= 0.3 is 6.03 Å². The third-order valence-electron chi connectivity index (χ3n) is 6.87. The van der Waals surface area contributed by atoms with Crippen molar-refractivity contribution in [1.82, 2.24) is 25.1 Å². The van der Waals surface area contributed by atoms with Gasteiger partial charge in [0.2, 0.25) is 5.91 Å². The number of rotatable bonds is 6. The number of carbonyl (C=O) groups excluding carboxylic acids is 3. The van der Waals surface area contributed by atoms with Crippen LogP contribution in [0.15, 0.2) is 85.5 Å². The van der Waals surface area contributed by atoms with E-state index >= 15 is 0 Å². The molecule has 0 aromatic heterocycles. The Bertz CT molecular complexity index is 1310. The topological polar surface area (TPSA) is 76.2 Å². The van der Waals surface area contributed by atoms with Gasteiger partial charge in [0.15, 0.2) is 0 Å². The molecule has 3 aromatic carbocycles. The molecule has 0 aliphatic carbocycles. The molecule has 0 bridgehead atoms. The molecule has 0 saturated carbocycles. The van der Waals surface area contributed by atoms with Crippen molar-refractivity contribution in [3.05, 3.63) is 96.6 Å². The zero-order chi connectivity index (χ0) is 25.2. The van der Waals surface area contributed by atoms with Crippen molar-refractivity contribution in [2.75, 3.05) is 26.7 Å². The van der Waals surface area contributed by atoms with Crippen molar-refractivity contribution in [3.8, 4) is 0 Å². The van der Waals surface area contributed by atoms with Crippen LogP contribution in [-0.2, 0) is 16.1 Å². The molecule has 2 aliphatic rings. The molecule has 184 valence electrons. The number of carbonyl (C=O) groups is 3. The number of nitrogens with one attached hydrogen (secondary N) is 1. The third kappa shape index (κ3) is 4.09. The van der Waals surface area contributed by atoms with Crippen LogP contribution in [-0.4, -0.2) is 70.5 Å². The largest absolute Gasteiger partial charge is 0.340 e. The first-order valence-electron chi connectivity index (χ1n) is 12.0. The number of hydrazine groups is 1. The highest BCUT2D eigenvalue weighted by Gasteiger charge is 2.52. The summed E-state index contributed by atoms with van der Waals surface area (Å²) >= 11 is 0. The van der Waals surface area contributed by atoms with E-state index in [1.807, 2.05) is 59.5 Å². The monoisotopic (exact) mass is 483 g/mol. The molecule has 1 N–H and O–H groups in total. The molecule has 4 amide bonds. The van der Waals surface area contributed by atoms with Gasteiger partial charge in [-0.3, -0.25) is 14.6 Å². The number of fused-ring (bicyclic) bond motifs is 2. The van der Waals surface area contributed by atoms with E-state index in [1.165, 1.54) is 5.01 Å². The van der Waals surface area contributed by atoms with E-state index in [-0.39, 0.29) is 37.5 Å². The molecule has 2 heterocycles. The van der Waals surface area contributed by atoms with E-state index in [2.05, 4.69) is 30.1 Å². The van der Waals surface area contributed by atoms with Crippen LogP contribution in [0.4, 0.5) is 4.79 Å². The van der Waals surface area contributed by atoms with Gasteiger partial charge in [0.05, 0.1) is 19.6 Å². The van der Waals surface area contributed by atoms with Gasteiger partial charge in [-0.25, -0.2) is 4.79 Å². The Morgan fingerprint density at radius 1 is 1.06 bits per heavy atom. The van der Waals surface area contributed by atoms with Gasteiger partial charge in [0.1, 0.15) is 12.2 Å². The predicted molar refractivity (Wildman–Crippen MR) is 137 cm³/mol. The summed E-state index contributed by atoms with van der Waals surface area (Å²) in [5.41, 5.74) is 1.78. The first-order valence-corrected chi connectivity index (χ1v) is 12.0. The van der Waals surface area contributed by atoms with Crippen molar-refractivity contribution in [1.29, 1.82) is 0 Å².